The smallest absolute Gasteiger partial charge is 0.0541 e. The van der Waals surface area contributed by atoms with Crippen molar-refractivity contribution in [2.24, 2.45) is 0 Å². The van der Waals surface area contributed by atoms with Gasteiger partial charge in [-0.3, -0.25) is 4.98 Å². The summed E-state index contributed by atoms with van der Waals surface area (Å²) in [4.78, 5) is 5.62. The number of nitrogens with one attached hydrogen (secondary N) is 1. The van der Waals surface area contributed by atoms with E-state index in [0.717, 1.165) is 31.9 Å². The molecule has 0 saturated heterocycles. The molecule has 0 atom stereocenters. The second-order valence-corrected chi connectivity index (χ2v) is 7.40. The molecule has 0 bridgehead atoms. The molecule has 1 aliphatic heterocycles. The number of pyridine rings is 1. The van der Waals surface area contributed by atoms with Gasteiger partial charge in [-0.2, -0.15) is 0 Å². The largest absolute Gasteiger partial charge is 0.307 e. The quantitative estimate of drug-likeness (QED) is 0.669. The van der Waals surface area contributed by atoms with E-state index in [-0.39, 0.29) is 0 Å². The summed E-state index contributed by atoms with van der Waals surface area (Å²) in [7, 11) is 0. The zero-order chi connectivity index (χ0) is 16.9. The van der Waals surface area contributed by atoms with Gasteiger partial charge in [-0.1, -0.05) is 42.5 Å². The Kier molecular flexibility index (Phi) is 5.11. The first-order chi connectivity index (χ1) is 12.4. The van der Waals surface area contributed by atoms with Crippen molar-refractivity contribution < 1.29 is 0 Å². The monoisotopic (exact) mass is 347 g/mol. The number of rotatable bonds is 6. The van der Waals surface area contributed by atoms with Crippen LogP contribution in [-0.2, 0) is 26.2 Å². The van der Waals surface area contributed by atoms with Gasteiger partial charge >= 0.3 is 0 Å². The Balaban J connectivity index is 1.28. The van der Waals surface area contributed by atoms with Gasteiger partial charge in [0.2, 0.25) is 0 Å². The molecule has 0 unspecified atom stereocenters. The lowest BCUT2D eigenvalue weighted by Gasteiger charge is -2.13. The number of benzene rings is 2. The second-order valence-electron chi connectivity index (χ2n) is 6.23. The van der Waals surface area contributed by atoms with Crippen LogP contribution < -0.4 is 5.32 Å². The van der Waals surface area contributed by atoms with Crippen molar-refractivity contribution >= 4 is 11.9 Å². The molecular weight excluding hydrogens is 326 g/mol. The molecule has 4 heteroatoms. The second kappa shape index (κ2) is 7.83. The van der Waals surface area contributed by atoms with Gasteiger partial charge < -0.3 is 5.32 Å². The predicted molar refractivity (Wildman–Crippen MR) is 103 cm³/mol. The summed E-state index contributed by atoms with van der Waals surface area (Å²) >= 11 is 1.84. The van der Waals surface area contributed by atoms with E-state index in [2.05, 4.69) is 63.1 Å². The highest BCUT2D eigenvalue weighted by molar-refractivity contribution is 7.97. The molecule has 2 aromatic carbocycles. The van der Waals surface area contributed by atoms with Crippen LogP contribution in [0.3, 0.4) is 0 Å². The average molecular weight is 347 g/mol. The third-order valence-corrected chi connectivity index (χ3v) is 5.33. The maximum absolute atomic E-state index is 4.33. The van der Waals surface area contributed by atoms with Crippen molar-refractivity contribution in [2.75, 3.05) is 0 Å². The van der Waals surface area contributed by atoms with Crippen molar-refractivity contribution in [1.82, 2.24) is 14.6 Å². The molecule has 1 N–H and O–H groups in total. The summed E-state index contributed by atoms with van der Waals surface area (Å²) in [6.45, 7) is 3.70. The van der Waals surface area contributed by atoms with Gasteiger partial charge in [-0.25, -0.2) is 4.31 Å². The molecule has 2 heterocycles. The van der Waals surface area contributed by atoms with Crippen molar-refractivity contribution in [3.8, 4) is 0 Å². The Morgan fingerprint density at radius 3 is 2.24 bits per heavy atom. The Labute approximate surface area is 153 Å². The van der Waals surface area contributed by atoms with Crippen LogP contribution in [0, 0.1) is 0 Å². The lowest BCUT2D eigenvalue weighted by Crippen LogP contribution is -2.13. The van der Waals surface area contributed by atoms with Crippen LogP contribution in [-0.4, -0.2) is 9.29 Å². The minimum Gasteiger partial charge on any atom is -0.307 e. The maximum atomic E-state index is 4.33. The van der Waals surface area contributed by atoms with Crippen LogP contribution in [0.15, 0.2) is 77.8 Å². The van der Waals surface area contributed by atoms with Crippen molar-refractivity contribution in [2.45, 2.75) is 31.1 Å². The van der Waals surface area contributed by atoms with E-state index in [1.807, 2.05) is 36.3 Å². The number of nitrogens with zero attached hydrogens (tertiary/aromatic N) is 2. The minimum atomic E-state index is 0.795. The molecule has 0 saturated carbocycles. The first-order valence-corrected chi connectivity index (χ1v) is 9.33. The normalized spacial score (nSPS) is 13.8. The topological polar surface area (TPSA) is 28.2 Å². The van der Waals surface area contributed by atoms with E-state index in [1.54, 1.807) is 0 Å². The number of fused-ring (bicyclic) bond motifs is 1. The summed E-state index contributed by atoms with van der Waals surface area (Å²) < 4.78 is 2.42. The molecule has 126 valence electrons. The predicted octanol–water partition coefficient (Wildman–Crippen LogP) is 4.39. The summed E-state index contributed by atoms with van der Waals surface area (Å²) in [6.07, 6.45) is 1.83. The molecule has 0 fully saturated rings. The van der Waals surface area contributed by atoms with E-state index in [1.165, 1.54) is 21.6 Å². The van der Waals surface area contributed by atoms with Gasteiger partial charge in [0.25, 0.3) is 0 Å². The van der Waals surface area contributed by atoms with Gasteiger partial charge in [0, 0.05) is 37.3 Å². The van der Waals surface area contributed by atoms with Gasteiger partial charge in [0.1, 0.15) is 0 Å². The lowest BCUT2D eigenvalue weighted by molar-refractivity contribution is 0.509. The molecule has 0 spiro atoms. The average Bonchev–Trinajstić information content (AvgIpc) is 3.06. The van der Waals surface area contributed by atoms with Crippen LogP contribution in [0.1, 0.15) is 22.4 Å². The number of hydrogen-bond donors (Lipinski definition) is 1. The molecule has 3 aromatic rings. The highest BCUT2D eigenvalue weighted by atomic mass is 32.2. The fraction of sp³-hybridized carbons (Fsp3) is 0.190. The molecule has 0 aliphatic carbocycles. The van der Waals surface area contributed by atoms with E-state index in [0.29, 0.717) is 0 Å². The molecule has 0 amide bonds. The Morgan fingerprint density at radius 1 is 0.840 bits per heavy atom. The molecular formula is C21H21N3S. The van der Waals surface area contributed by atoms with Crippen molar-refractivity contribution in [3.63, 3.8) is 0 Å². The Hall–Kier alpha value is -2.14. The SMILES string of the molecule is c1ccc(CNCc2ccc(SN3Cc4ccccc4C3)cc2)nc1. The summed E-state index contributed by atoms with van der Waals surface area (Å²) in [5.74, 6) is 0. The van der Waals surface area contributed by atoms with Crippen molar-refractivity contribution in [3.05, 3.63) is 95.3 Å². The van der Waals surface area contributed by atoms with Crippen LogP contribution >= 0.6 is 11.9 Å². The summed E-state index contributed by atoms with van der Waals surface area (Å²) in [5.41, 5.74) is 5.27. The minimum absolute atomic E-state index is 0.795. The highest BCUT2D eigenvalue weighted by Gasteiger charge is 2.18. The fourth-order valence-electron chi connectivity index (χ4n) is 3.02. The van der Waals surface area contributed by atoms with Gasteiger partial charge in [0.15, 0.2) is 0 Å². The van der Waals surface area contributed by atoms with Gasteiger partial charge in [0.05, 0.1) is 5.69 Å². The number of hydrogen-bond acceptors (Lipinski definition) is 4. The fourth-order valence-corrected chi connectivity index (χ4v) is 3.98. The summed E-state index contributed by atoms with van der Waals surface area (Å²) in [5, 5.41) is 3.44. The first-order valence-electron chi connectivity index (χ1n) is 8.56. The van der Waals surface area contributed by atoms with E-state index < -0.39 is 0 Å². The van der Waals surface area contributed by atoms with E-state index >= 15 is 0 Å². The maximum Gasteiger partial charge on any atom is 0.0541 e. The van der Waals surface area contributed by atoms with Crippen LogP contribution in [0.25, 0.3) is 0 Å². The zero-order valence-electron chi connectivity index (χ0n) is 14.1. The van der Waals surface area contributed by atoms with Crippen LogP contribution in [0.4, 0.5) is 0 Å². The number of aromatic nitrogens is 1. The molecule has 1 aliphatic rings. The summed E-state index contributed by atoms with van der Waals surface area (Å²) in [6, 6.07) is 23.6. The zero-order valence-corrected chi connectivity index (χ0v) is 14.9. The molecule has 4 rings (SSSR count). The molecule has 1 aromatic heterocycles. The molecule has 0 radical (unpaired) electrons. The lowest BCUT2D eigenvalue weighted by atomic mass is 10.1. The molecule has 3 nitrogen and oxygen atoms in total. The Bertz CT molecular complexity index is 793. The molecule has 25 heavy (non-hydrogen) atoms. The van der Waals surface area contributed by atoms with Gasteiger partial charge in [-0.15, -0.1) is 0 Å². The highest BCUT2D eigenvalue weighted by Crippen LogP contribution is 2.32. The van der Waals surface area contributed by atoms with Gasteiger partial charge in [-0.05, 0) is 52.9 Å². The Morgan fingerprint density at radius 2 is 1.56 bits per heavy atom. The third kappa shape index (κ3) is 4.28. The van der Waals surface area contributed by atoms with E-state index in [9.17, 15) is 0 Å². The van der Waals surface area contributed by atoms with Crippen molar-refractivity contribution in [1.29, 1.82) is 0 Å². The van der Waals surface area contributed by atoms with Crippen LogP contribution in [0.2, 0.25) is 0 Å². The third-order valence-electron chi connectivity index (χ3n) is 4.33. The van der Waals surface area contributed by atoms with Crippen LogP contribution in [0.5, 0.6) is 0 Å². The first kappa shape index (κ1) is 16.3. The standard InChI is InChI=1S/C21H21N3S/c1-2-6-19-16-24(15-18(19)5-1)25-21-10-8-17(9-11-21)13-22-14-20-7-3-4-12-23-20/h1-12,22H,13-16H2. The van der Waals surface area contributed by atoms with E-state index in [4.69, 9.17) is 0 Å².